The standard InChI is InChI=1S/C13H17NO4/c15-10-4-2-1-3-9(10)11(16)5-8-6-12(17)14-13(18)7-8/h8,16H,1-7H2,(H,14,17,18). The number of amides is 2. The highest BCUT2D eigenvalue weighted by Crippen LogP contribution is 2.27. The van der Waals surface area contributed by atoms with Gasteiger partial charge in [-0.05, 0) is 25.2 Å². The van der Waals surface area contributed by atoms with E-state index >= 15 is 0 Å². The SMILES string of the molecule is O=C1CC(CC(O)=C2CCCCC2=O)CC(=O)N1. The van der Waals surface area contributed by atoms with Gasteiger partial charge >= 0.3 is 0 Å². The quantitative estimate of drug-likeness (QED) is 0.441. The Morgan fingerprint density at radius 1 is 1.11 bits per heavy atom. The Balaban J connectivity index is 2.03. The molecule has 1 heterocycles. The number of aliphatic hydroxyl groups is 1. The first-order valence-corrected chi connectivity index (χ1v) is 6.33. The van der Waals surface area contributed by atoms with E-state index in [0.29, 0.717) is 18.4 Å². The van der Waals surface area contributed by atoms with Crippen LogP contribution < -0.4 is 5.32 Å². The Kier molecular flexibility index (Phi) is 3.79. The van der Waals surface area contributed by atoms with Crippen LogP contribution in [0.2, 0.25) is 0 Å². The molecule has 18 heavy (non-hydrogen) atoms. The normalized spacial score (nSPS) is 25.0. The van der Waals surface area contributed by atoms with Gasteiger partial charge in [-0.15, -0.1) is 0 Å². The third-order valence-corrected chi connectivity index (χ3v) is 3.47. The molecule has 0 aromatic carbocycles. The fourth-order valence-corrected chi connectivity index (χ4v) is 2.58. The third kappa shape index (κ3) is 2.97. The van der Waals surface area contributed by atoms with E-state index in [1.54, 1.807) is 0 Å². The molecule has 0 aromatic rings. The van der Waals surface area contributed by atoms with Crippen LogP contribution in [0.4, 0.5) is 0 Å². The molecule has 0 aromatic heterocycles. The number of aliphatic hydroxyl groups excluding tert-OH is 1. The molecule has 0 radical (unpaired) electrons. The van der Waals surface area contributed by atoms with Gasteiger partial charge in [0.15, 0.2) is 5.78 Å². The summed E-state index contributed by atoms with van der Waals surface area (Å²) in [7, 11) is 0. The van der Waals surface area contributed by atoms with Gasteiger partial charge in [-0.3, -0.25) is 19.7 Å². The fourth-order valence-electron chi connectivity index (χ4n) is 2.58. The Morgan fingerprint density at radius 2 is 1.72 bits per heavy atom. The van der Waals surface area contributed by atoms with Crippen molar-refractivity contribution in [3.05, 3.63) is 11.3 Å². The minimum Gasteiger partial charge on any atom is -0.512 e. The minimum absolute atomic E-state index is 0.00494. The monoisotopic (exact) mass is 251 g/mol. The highest BCUT2D eigenvalue weighted by molar-refractivity contribution is 5.98. The summed E-state index contributed by atoms with van der Waals surface area (Å²) in [5, 5.41) is 12.2. The predicted molar refractivity (Wildman–Crippen MR) is 63.6 cm³/mol. The maximum atomic E-state index is 11.6. The first-order chi connectivity index (χ1) is 8.56. The predicted octanol–water partition coefficient (Wildman–Crippen LogP) is 1.38. The molecule has 0 atom stereocenters. The number of allylic oxidation sites excluding steroid dienone is 2. The second kappa shape index (κ2) is 5.33. The summed E-state index contributed by atoms with van der Waals surface area (Å²) < 4.78 is 0. The third-order valence-electron chi connectivity index (χ3n) is 3.47. The van der Waals surface area contributed by atoms with E-state index in [4.69, 9.17) is 0 Å². The zero-order valence-corrected chi connectivity index (χ0v) is 10.2. The van der Waals surface area contributed by atoms with E-state index in [9.17, 15) is 19.5 Å². The van der Waals surface area contributed by atoms with Crippen LogP contribution in [-0.4, -0.2) is 22.7 Å². The maximum Gasteiger partial charge on any atom is 0.226 e. The van der Waals surface area contributed by atoms with Crippen molar-refractivity contribution in [1.29, 1.82) is 0 Å². The number of piperidine rings is 1. The van der Waals surface area contributed by atoms with Gasteiger partial charge in [0.2, 0.25) is 11.8 Å². The lowest BCUT2D eigenvalue weighted by Gasteiger charge is -2.22. The van der Waals surface area contributed by atoms with Crippen molar-refractivity contribution in [2.45, 2.75) is 44.9 Å². The molecule has 0 spiro atoms. The number of imide groups is 1. The van der Waals surface area contributed by atoms with E-state index in [1.165, 1.54) is 0 Å². The van der Waals surface area contributed by atoms with Crippen molar-refractivity contribution in [3.8, 4) is 0 Å². The molecular weight excluding hydrogens is 234 g/mol. The largest absolute Gasteiger partial charge is 0.512 e. The van der Waals surface area contributed by atoms with Gasteiger partial charge < -0.3 is 5.11 Å². The average molecular weight is 251 g/mol. The molecule has 2 aliphatic rings. The molecule has 2 fully saturated rings. The maximum absolute atomic E-state index is 11.6. The molecule has 2 amide bonds. The van der Waals surface area contributed by atoms with Gasteiger partial charge in [-0.25, -0.2) is 0 Å². The summed E-state index contributed by atoms with van der Waals surface area (Å²) in [6, 6.07) is 0. The van der Waals surface area contributed by atoms with Crippen LogP contribution in [0.3, 0.4) is 0 Å². The van der Waals surface area contributed by atoms with Crippen LogP contribution in [0, 0.1) is 5.92 Å². The summed E-state index contributed by atoms with van der Waals surface area (Å²) in [5.74, 6) is -0.709. The Labute approximate surface area is 105 Å². The average Bonchev–Trinajstić information content (AvgIpc) is 2.27. The van der Waals surface area contributed by atoms with Gasteiger partial charge in [0.05, 0.1) is 5.76 Å². The molecule has 2 rings (SSSR count). The number of hydrogen-bond donors (Lipinski definition) is 2. The van der Waals surface area contributed by atoms with Crippen LogP contribution in [-0.2, 0) is 14.4 Å². The number of carbonyl (C=O) groups is 3. The lowest BCUT2D eigenvalue weighted by atomic mass is 9.87. The van der Waals surface area contributed by atoms with Crippen molar-refractivity contribution >= 4 is 17.6 Å². The highest BCUT2D eigenvalue weighted by atomic mass is 16.3. The molecular formula is C13H17NO4. The van der Waals surface area contributed by atoms with Crippen LogP contribution in [0.5, 0.6) is 0 Å². The second-order valence-corrected chi connectivity index (χ2v) is 5.01. The Hall–Kier alpha value is -1.65. The summed E-state index contributed by atoms with van der Waals surface area (Å²) in [6.45, 7) is 0. The summed E-state index contributed by atoms with van der Waals surface area (Å²) >= 11 is 0. The number of rotatable bonds is 2. The fraction of sp³-hybridized carbons (Fsp3) is 0.615. The number of ketones is 1. The van der Waals surface area contributed by atoms with E-state index in [0.717, 1.165) is 12.8 Å². The first kappa shape index (κ1) is 12.8. The Bertz CT molecular complexity index is 409. The molecule has 0 unspecified atom stereocenters. The zero-order valence-electron chi connectivity index (χ0n) is 10.2. The van der Waals surface area contributed by atoms with E-state index in [2.05, 4.69) is 5.32 Å². The van der Waals surface area contributed by atoms with Crippen molar-refractivity contribution in [2.75, 3.05) is 0 Å². The topological polar surface area (TPSA) is 83.5 Å². The lowest BCUT2D eigenvalue weighted by molar-refractivity contribution is -0.134. The molecule has 1 aliphatic heterocycles. The van der Waals surface area contributed by atoms with Gasteiger partial charge in [0, 0.05) is 31.3 Å². The molecule has 1 aliphatic carbocycles. The molecule has 2 N–H and O–H groups in total. The zero-order chi connectivity index (χ0) is 13.1. The smallest absolute Gasteiger partial charge is 0.226 e. The molecule has 98 valence electrons. The van der Waals surface area contributed by atoms with Crippen molar-refractivity contribution < 1.29 is 19.5 Å². The minimum atomic E-state index is -0.302. The van der Waals surface area contributed by atoms with Gasteiger partial charge in [-0.1, -0.05) is 0 Å². The highest BCUT2D eigenvalue weighted by Gasteiger charge is 2.27. The van der Waals surface area contributed by atoms with E-state index in [1.807, 2.05) is 0 Å². The molecule has 1 saturated heterocycles. The molecule has 5 nitrogen and oxygen atoms in total. The summed E-state index contributed by atoms with van der Waals surface area (Å²) in [4.78, 5) is 34.1. The van der Waals surface area contributed by atoms with E-state index < -0.39 is 0 Å². The number of nitrogens with one attached hydrogen (secondary N) is 1. The van der Waals surface area contributed by atoms with Crippen LogP contribution in [0.15, 0.2) is 11.3 Å². The second-order valence-electron chi connectivity index (χ2n) is 5.01. The number of carbonyl (C=O) groups excluding carboxylic acids is 3. The van der Waals surface area contributed by atoms with Crippen LogP contribution in [0.25, 0.3) is 0 Å². The number of hydrogen-bond acceptors (Lipinski definition) is 4. The van der Waals surface area contributed by atoms with Crippen molar-refractivity contribution in [3.63, 3.8) is 0 Å². The Morgan fingerprint density at radius 3 is 2.33 bits per heavy atom. The van der Waals surface area contributed by atoms with Gasteiger partial charge in [-0.2, -0.15) is 0 Å². The summed E-state index contributed by atoms with van der Waals surface area (Å²) in [6.07, 6.45) is 3.60. The first-order valence-electron chi connectivity index (χ1n) is 6.33. The molecule has 5 heteroatoms. The van der Waals surface area contributed by atoms with Crippen LogP contribution in [0.1, 0.15) is 44.9 Å². The number of Topliss-reactive ketones (excluding diaryl/α,β-unsaturated/α-hetero) is 1. The van der Waals surface area contributed by atoms with Crippen molar-refractivity contribution in [1.82, 2.24) is 5.32 Å². The summed E-state index contributed by atoms with van der Waals surface area (Å²) in [5.41, 5.74) is 0.500. The van der Waals surface area contributed by atoms with Gasteiger partial charge in [0.1, 0.15) is 0 Å². The molecule has 1 saturated carbocycles. The lowest BCUT2D eigenvalue weighted by Crippen LogP contribution is -2.38. The molecule has 0 bridgehead atoms. The van der Waals surface area contributed by atoms with E-state index in [-0.39, 0.29) is 48.5 Å². The van der Waals surface area contributed by atoms with Crippen molar-refractivity contribution in [2.24, 2.45) is 5.92 Å². The van der Waals surface area contributed by atoms with Crippen LogP contribution >= 0.6 is 0 Å². The van der Waals surface area contributed by atoms with Gasteiger partial charge in [0.25, 0.3) is 0 Å².